The molecule has 1 rings (SSSR count). The van der Waals surface area contributed by atoms with Gasteiger partial charge in [-0.15, -0.1) is 0 Å². The SMILES string of the molecule is C=CC(=O)Nc1ccc(Cl)c(C#N)c1. The number of nitriles is 1. The third-order valence-corrected chi connectivity index (χ3v) is 1.87. The van der Waals surface area contributed by atoms with Gasteiger partial charge in [0.25, 0.3) is 0 Å². The third-order valence-electron chi connectivity index (χ3n) is 1.54. The first-order valence-corrected chi connectivity index (χ1v) is 4.18. The Kier molecular flexibility index (Phi) is 3.27. The number of hydrogen-bond donors (Lipinski definition) is 1. The monoisotopic (exact) mass is 206 g/mol. The minimum Gasteiger partial charge on any atom is -0.322 e. The molecular weight excluding hydrogens is 200 g/mol. The number of anilines is 1. The van der Waals surface area contributed by atoms with Gasteiger partial charge >= 0.3 is 0 Å². The molecule has 1 aromatic rings. The standard InChI is InChI=1S/C10H7ClN2O/c1-2-10(14)13-8-3-4-9(11)7(5-8)6-12/h2-5H,1H2,(H,13,14). The fraction of sp³-hybridized carbons (Fsp3) is 0. The Labute approximate surface area is 86.6 Å². The highest BCUT2D eigenvalue weighted by molar-refractivity contribution is 6.31. The van der Waals surface area contributed by atoms with E-state index in [4.69, 9.17) is 16.9 Å². The average molecular weight is 207 g/mol. The van der Waals surface area contributed by atoms with E-state index in [1.165, 1.54) is 6.07 Å². The van der Waals surface area contributed by atoms with Gasteiger partial charge in [-0.05, 0) is 24.3 Å². The Hall–Kier alpha value is -1.79. The van der Waals surface area contributed by atoms with E-state index in [0.29, 0.717) is 16.3 Å². The molecule has 0 aliphatic rings. The Bertz CT molecular complexity index is 421. The van der Waals surface area contributed by atoms with Crippen LogP contribution in [0.3, 0.4) is 0 Å². The zero-order valence-electron chi connectivity index (χ0n) is 7.25. The van der Waals surface area contributed by atoms with E-state index in [1.54, 1.807) is 12.1 Å². The average Bonchev–Trinajstić information content (AvgIpc) is 2.20. The van der Waals surface area contributed by atoms with Crippen LogP contribution in [0.1, 0.15) is 5.56 Å². The van der Waals surface area contributed by atoms with Crippen LogP contribution in [-0.4, -0.2) is 5.91 Å². The zero-order valence-corrected chi connectivity index (χ0v) is 8.01. The van der Waals surface area contributed by atoms with E-state index in [2.05, 4.69) is 11.9 Å². The molecule has 1 amide bonds. The number of benzene rings is 1. The molecule has 0 spiro atoms. The number of nitrogens with zero attached hydrogens (tertiary/aromatic N) is 1. The number of halogens is 1. The fourth-order valence-electron chi connectivity index (χ4n) is 0.882. The topological polar surface area (TPSA) is 52.9 Å². The molecule has 3 nitrogen and oxygen atoms in total. The number of amides is 1. The van der Waals surface area contributed by atoms with Crippen molar-refractivity contribution in [1.82, 2.24) is 0 Å². The van der Waals surface area contributed by atoms with Crippen LogP contribution < -0.4 is 5.32 Å². The normalized spacial score (nSPS) is 8.86. The quantitative estimate of drug-likeness (QED) is 0.756. The summed E-state index contributed by atoms with van der Waals surface area (Å²) in [4.78, 5) is 10.9. The first-order valence-electron chi connectivity index (χ1n) is 3.80. The van der Waals surface area contributed by atoms with Crippen LogP contribution in [-0.2, 0) is 4.79 Å². The van der Waals surface area contributed by atoms with Crippen LogP contribution in [0.5, 0.6) is 0 Å². The molecule has 0 heterocycles. The molecule has 0 bridgehead atoms. The van der Waals surface area contributed by atoms with Gasteiger partial charge in [-0.1, -0.05) is 18.2 Å². The summed E-state index contributed by atoms with van der Waals surface area (Å²) in [5.74, 6) is -0.323. The molecule has 0 aliphatic heterocycles. The second-order valence-electron chi connectivity index (χ2n) is 2.50. The van der Waals surface area contributed by atoms with Gasteiger partial charge in [0.1, 0.15) is 6.07 Å². The van der Waals surface area contributed by atoms with Gasteiger partial charge in [0.15, 0.2) is 0 Å². The summed E-state index contributed by atoms with van der Waals surface area (Å²) < 4.78 is 0. The smallest absolute Gasteiger partial charge is 0.247 e. The van der Waals surface area contributed by atoms with Gasteiger partial charge in [-0.3, -0.25) is 4.79 Å². The highest BCUT2D eigenvalue weighted by atomic mass is 35.5. The Morgan fingerprint density at radius 3 is 2.93 bits per heavy atom. The maximum Gasteiger partial charge on any atom is 0.247 e. The van der Waals surface area contributed by atoms with Gasteiger partial charge in [0, 0.05) is 5.69 Å². The number of nitrogens with one attached hydrogen (secondary N) is 1. The van der Waals surface area contributed by atoms with Crippen LogP contribution >= 0.6 is 11.6 Å². The Morgan fingerprint density at radius 2 is 2.36 bits per heavy atom. The van der Waals surface area contributed by atoms with Crippen molar-refractivity contribution in [3.8, 4) is 6.07 Å². The lowest BCUT2D eigenvalue weighted by Crippen LogP contribution is -2.07. The lowest BCUT2D eigenvalue weighted by atomic mass is 10.2. The molecule has 0 unspecified atom stereocenters. The van der Waals surface area contributed by atoms with Gasteiger partial charge in [0.2, 0.25) is 5.91 Å². The van der Waals surface area contributed by atoms with Crippen LogP contribution in [0.15, 0.2) is 30.9 Å². The van der Waals surface area contributed by atoms with Crippen molar-refractivity contribution < 1.29 is 4.79 Å². The van der Waals surface area contributed by atoms with Gasteiger partial charge in [-0.25, -0.2) is 0 Å². The van der Waals surface area contributed by atoms with Crippen molar-refractivity contribution in [1.29, 1.82) is 5.26 Å². The second-order valence-corrected chi connectivity index (χ2v) is 2.91. The first kappa shape index (κ1) is 10.3. The molecule has 1 N–H and O–H groups in total. The summed E-state index contributed by atoms with van der Waals surface area (Å²) in [5.41, 5.74) is 0.851. The highest BCUT2D eigenvalue weighted by Crippen LogP contribution is 2.19. The molecule has 14 heavy (non-hydrogen) atoms. The second kappa shape index (κ2) is 4.45. The van der Waals surface area contributed by atoms with E-state index in [-0.39, 0.29) is 5.91 Å². The molecule has 0 saturated carbocycles. The molecule has 0 saturated heterocycles. The van der Waals surface area contributed by atoms with Crippen molar-refractivity contribution in [3.63, 3.8) is 0 Å². The van der Waals surface area contributed by atoms with E-state index >= 15 is 0 Å². The first-order chi connectivity index (χ1) is 6.67. The molecule has 4 heteroatoms. The summed E-state index contributed by atoms with van der Waals surface area (Å²) in [7, 11) is 0. The summed E-state index contributed by atoms with van der Waals surface area (Å²) in [6.07, 6.45) is 1.15. The number of rotatable bonds is 2. The van der Waals surface area contributed by atoms with Crippen LogP contribution in [0, 0.1) is 11.3 Å². The summed E-state index contributed by atoms with van der Waals surface area (Å²) in [6, 6.07) is 6.59. The summed E-state index contributed by atoms with van der Waals surface area (Å²) in [6.45, 7) is 3.31. The number of carbonyl (C=O) groups excluding carboxylic acids is 1. The minimum atomic E-state index is -0.323. The van der Waals surface area contributed by atoms with E-state index < -0.39 is 0 Å². The Morgan fingerprint density at radius 1 is 1.64 bits per heavy atom. The Balaban J connectivity index is 2.96. The zero-order chi connectivity index (χ0) is 10.6. The van der Waals surface area contributed by atoms with E-state index in [1.807, 2.05) is 6.07 Å². The van der Waals surface area contributed by atoms with Crippen molar-refractivity contribution in [3.05, 3.63) is 41.4 Å². The van der Waals surface area contributed by atoms with Crippen LogP contribution in [0.25, 0.3) is 0 Å². The van der Waals surface area contributed by atoms with Crippen LogP contribution in [0.4, 0.5) is 5.69 Å². The third kappa shape index (κ3) is 2.35. The van der Waals surface area contributed by atoms with E-state index in [9.17, 15) is 4.79 Å². The largest absolute Gasteiger partial charge is 0.322 e. The summed E-state index contributed by atoms with van der Waals surface area (Å²) in [5, 5.41) is 11.6. The highest BCUT2D eigenvalue weighted by Gasteiger charge is 2.02. The molecular formula is C10H7ClN2O. The number of hydrogen-bond acceptors (Lipinski definition) is 2. The van der Waals surface area contributed by atoms with Crippen molar-refractivity contribution >= 4 is 23.2 Å². The molecule has 1 aromatic carbocycles. The lowest BCUT2D eigenvalue weighted by molar-refractivity contribution is -0.111. The van der Waals surface area contributed by atoms with Gasteiger partial charge in [-0.2, -0.15) is 5.26 Å². The maximum atomic E-state index is 10.9. The van der Waals surface area contributed by atoms with Crippen molar-refractivity contribution in [2.75, 3.05) is 5.32 Å². The molecule has 0 aliphatic carbocycles. The lowest BCUT2D eigenvalue weighted by Gasteiger charge is -2.02. The molecule has 0 aromatic heterocycles. The van der Waals surface area contributed by atoms with Crippen molar-refractivity contribution in [2.24, 2.45) is 0 Å². The number of carbonyl (C=O) groups is 1. The molecule has 0 atom stereocenters. The van der Waals surface area contributed by atoms with E-state index in [0.717, 1.165) is 6.08 Å². The predicted octanol–water partition coefficient (Wildman–Crippen LogP) is 2.34. The predicted molar refractivity (Wildman–Crippen MR) is 55.0 cm³/mol. The molecule has 0 fully saturated rings. The van der Waals surface area contributed by atoms with Crippen molar-refractivity contribution in [2.45, 2.75) is 0 Å². The van der Waals surface area contributed by atoms with Gasteiger partial charge in [0.05, 0.1) is 10.6 Å². The van der Waals surface area contributed by atoms with Crippen LogP contribution in [0.2, 0.25) is 5.02 Å². The summed E-state index contributed by atoms with van der Waals surface area (Å²) >= 11 is 5.71. The molecule has 0 radical (unpaired) electrons. The maximum absolute atomic E-state index is 10.9. The van der Waals surface area contributed by atoms with Gasteiger partial charge < -0.3 is 5.32 Å². The minimum absolute atomic E-state index is 0.323. The fourth-order valence-corrected chi connectivity index (χ4v) is 1.04. The molecule has 70 valence electrons.